The van der Waals surface area contributed by atoms with Crippen LogP contribution in [0.2, 0.25) is 0 Å². The number of nitrogens with one attached hydrogen (secondary N) is 1. The molecule has 2 rings (SSSR count). The average molecular weight is 494 g/mol. The molecule has 0 bridgehead atoms. The number of anilines is 2. The lowest BCUT2D eigenvalue weighted by Crippen LogP contribution is -2.10. The van der Waals surface area contributed by atoms with Gasteiger partial charge in [-0.3, -0.25) is 0 Å². The molecule has 0 saturated heterocycles. The minimum Gasteiger partial charge on any atom is -0.478 e. The number of benzene rings is 2. The Kier molecular flexibility index (Phi) is 7.02. The van der Waals surface area contributed by atoms with Gasteiger partial charge in [-0.1, -0.05) is 5.16 Å². The van der Waals surface area contributed by atoms with Crippen LogP contribution in [0.25, 0.3) is 0 Å². The molecule has 0 aliphatic heterocycles. The summed E-state index contributed by atoms with van der Waals surface area (Å²) in [6.07, 6.45) is -0.0450. The van der Waals surface area contributed by atoms with Crippen molar-refractivity contribution in [3.63, 3.8) is 0 Å². The van der Waals surface area contributed by atoms with E-state index >= 15 is 0 Å². The van der Waals surface area contributed by atoms with E-state index in [0.29, 0.717) is 3.57 Å². The second-order valence-corrected chi connectivity index (χ2v) is 6.70. The lowest BCUT2D eigenvalue weighted by atomic mass is 10.1. The zero-order chi connectivity index (χ0) is 20.1. The van der Waals surface area contributed by atoms with Crippen LogP contribution in [-0.4, -0.2) is 35.1 Å². The van der Waals surface area contributed by atoms with E-state index in [-0.39, 0.29) is 12.3 Å². The molecule has 6 nitrogen and oxygen atoms in total. The minimum absolute atomic E-state index is 0.182. The summed E-state index contributed by atoms with van der Waals surface area (Å²) < 4.78 is 43.2. The van der Waals surface area contributed by atoms with Gasteiger partial charge in [-0.05, 0) is 53.8 Å². The number of carbonyl (C=O) groups is 1. The number of hydrogen-bond acceptors (Lipinski definition) is 5. The third-order valence-corrected chi connectivity index (χ3v) is 3.91. The normalized spacial score (nSPS) is 12.2. The van der Waals surface area contributed by atoms with E-state index in [9.17, 15) is 23.1 Å². The van der Waals surface area contributed by atoms with E-state index in [2.05, 4.69) is 15.3 Å². The van der Waals surface area contributed by atoms with Crippen LogP contribution in [0.1, 0.15) is 22.8 Å². The van der Waals surface area contributed by atoms with Crippen LogP contribution in [-0.2, 0) is 4.84 Å². The van der Waals surface area contributed by atoms with Crippen molar-refractivity contribution in [3.8, 4) is 0 Å². The minimum atomic E-state index is -1.55. The van der Waals surface area contributed by atoms with Gasteiger partial charge in [-0.15, -0.1) is 0 Å². The zero-order valence-electron chi connectivity index (χ0n) is 13.8. The molecule has 2 aromatic carbocycles. The Morgan fingerprint density at radius 3 is 2.63 bits per heavy atom. The first kappa shape index (κ1) is 21.0. The quantitative estimate of drug-likeness (QED) is 0.309. The van der Waals surface area contributed by atoms with E-state index in [4.69, 9.17) is 5.11 Å². The molecule has 2 aromatic rings. The van der Waals surface area contributed by atoms with Crippen molar-refractivity contribution in [1.29, 1.82) is 0 Å². The fraction of sp³-hybridized carbons (Fsp3) is 0.176. The molecule has 0 saturated carbocycles. The van der Waals surface area contributed by atoms with E-state index in [1.165, 1.54) is 19.1 Å². The summed E-state index contributed by atoms with van der Waals surface area (Å²) in [5.74, 6) is -5.21. The molecule has 144 valence electrons. The van der Waals surface area contributed by atoms with Crippen molar-refractivity contribution in [2.45, 2.75) is 13.0 Å². The van der Waals surface area contributed by atoms with Crippen LogP contribution >= 0.6 is 22.6 Å². The Bertz CT molecular complexity index is 891. The molecule has 1 unspecified atom stereocenters. The van der Waals surface area contributed by atoms with E-state index < -0.39 is 46.3 Å². The van der Waals surface area contributed by atoms with Gasteiger partial charge >= 0.3 is 5.97 Å². The average Bonchev–Trinajstić information content (AvgIpc) is 2.58. The summed E-state index contributed by atoms with van der Waals surface area (Å²) >= 11 is 1.87. The molecule has 1 atom stereocenters. The Morgan fingerprint density at radius 1 is 1.33 bits per heavy atom. The first-order valence-corrected chi connectivity index (χ1v) is 8.59. The van der Waals surface area contributed by atoms with Crippen LogP contribution < -0.4 is 5.32 Å². The van der Waals surface area contributed by atoms with E-state index in [1.807, 2.05) is 22.6 Å². The van der Waals surface area contributed by atoms with Gasteiger partial charge in [-0.25, -0.2) is 18.0 Å². The van der Waals surface area contributed by atoms with E-state index in [0.717, 1.165) is 18.3 Å². The number of oxime groups is 1. The summed E-state index contributed by atoms with van der Waals surface area (Å²) in [5.41, 5.74) is -2.03. The van der Waals surface area contributed by atoms with Crippen molar-refractivity contribution in [2.24, 2.45) is 5.16 Å². The smallest absolute Gasteiger partial charge is 0.337 e. The SMILES string of the molecule is CC(O)CO/N=C/c1cc(C(=O)O)c(Nc2ccc(I)cc2F)c(F)c1F. The highest BCUT2D eigenvalue weighted by Crippen LogP contribution is 2.30. The second-order valence-electron chi connectivity index (χ2n) is 5.45. The third kappa shape index (κ3) is 5.32. The molecule has 27 heavy (non-hydrogen) atoms. The number of hydrogen-bond donors (Lipinski definition) is 3. The molecule has 0 amide bonds. The Labute approximate surface area is 165 Å². The molecular weight excluding hydrogens is 480 g/mol. The van der Waals surface area contributed by atoms with Crippen molar-refractivity contribution in [1.82, 2.24) is 0 Å². The number of aliphatic hydroxyl groups excluding tert-OH is 1. The highest BCUT2D eigenvalue weighted by molar-refractivity contribution is 14.1. The lowest BCUT2D eigenvalue weighted by Gasteiger charge is -2.13. The Hall–Kier alpha value is -2.34. The number of carboxylic acids is 1. The summed E-state index contributed by atoms with van der Waals surface area (Å²) in [6.45, 7) is 1.25. The topological polar surface area (TPSA) is 91.2 Å². The van der Waals surface area contributed by atoms with Crippen LogP contribution in [0.5, 0.6) is 0 Å². The molecule has 3 N–H and O–H groups in total. The van der Waals surface area contributed by atoms with Crippen LogP contribution in [0, 0.1) is 21.0 Å². The van der Waals surface area contributed by atoms with Gasteiger partial charge in [0.25, 0.3) is 0 Å². The lowest BCUT2D eigenvalue weighted by molar-refractivity contribution is 0.0508. The number of carboxylic acid groups (broad SMARTS) is 1. The summed E-state index contributed by atoms with van der Waals surface area (Å²) in [7, 11) is 0. The fourth-order valence-electron chi connectivity index (χ4n) is 2.00. The number of nitrogens with zero attached hydrogens (tertiary/aromatic N) is 1. The molecule has 0 radical (unpaired) electrons. The Morgan fingerprint density at radius 2 is 2.04 bits per heavy atom. The Balaban J connectivity index is 2.43. The van der Waals surface area contributed by atoms with Crippen molar-refractivity contribution in [3.05, 3.63) is 56.4 Å². The third-order valence-electron chi connectivity index (χ3n) is 3.24. The predicted octanol–water partition coefficient (Wildman–Crippen LogP) is 3.88. The number of halogens is 4. The molecule has 0 aliphatic rings. The number of rotatable bonds is 7. The van der Waals surface area contributed by atoms with Gasteiger partial charge in [0.2, 0.25) is 0 Å². The predicted molar refractivity (Wildman–Crippen MR) is 101 cm³/mol. The van der Waals surface area contributed by atoms with Gasteiger partial charge in [0.1, 0.15) is 12.4 Å². The van der Waals surface area contributed by atoms with Gasteiger partial charge in [0.05, 0.1) is 29.3 Å². The van der Waals surface area contributed by atoms with Gasteiger partial charge in [0, 0.05) is 9.13 Å². The number of aliphatic hydroxyl groups is 1. The zero-order valence-corrected chi connectivity index (χ0v) is 16.0. The fourth-order valence-corrected chi connectivity index (χ4v) is 2.45. The summed E-state index contributed by atoms with van der Waals surface area (Å²) in [5, 5.41) is 24.0. The van der Waals surface area contributed by atoms with Crippen molar-refractivity contribution in [2.75, 3.05) is 11.9 Å². The monoisotopic (exact) mass is 494 g/mol. The maximum absolute atomic E-state index is 14.4. The van der Waals surface area contributed by atoms with Crippen LogP contribution in [0.3, 0.4) is 0 Å². The van der Waals surface area contributed by atoms with Gasteiger partial charge < -0.3 is 20.4 Å². The molecule has 0 fully saturated rings. The molecule has 0 spiro atoms. The first-order chi connectivity index (χ1) is 12.7. The van der Waals surface area contributed by atoms with Crippen LogP contribution in [0.4, 0.5) is 24.5 Å². The molecule has 10 heteroatoms. The first-order valence-electron chi connectivity index (χ1n) is 7.51. The summed E-state index contributed by atoms with van der Waals surface area (Å²) in [4.78, 5) is 16.1. The molecular formula is C17H14F3IN2O4. The maximum atomic E-state index is 14.4. The van der Waals surface area contributed by atoms with Gasteiger partial charge in [0.15, 0.2) is 11.6 Å². The van der Waals surface area contributed by atoms with E-state index in [1.54, 1.807) is 0 Å². The van der Waals surface area contributed by atoms with Crippen molar-refractivity contribution >= 4 is 46.1 Å². The summed E-state index contributed by atoms with van der Waals surface area (Å²) in [6, 6.07) is 4.78. The van der Waals surface area contributed by atoms with Crippen LogP contribution in [0.15, 0.2) is 29.4 Å². The largest absolute Gasteiger partial charge is 0.478 e. The molecule has 0 heterocycles. The maximum Gasteiger partial charge on any atom is 0.337 e. The standard InChI is InChI=1S/C17H14F3IN2O4/c1-8(24)7-27-22-6-9-4-11(17(25)26)16(15(20)14(9)19)23-13-3-2-10(21)5-12(13)18/h2-6,8,23-24H,7H2,1H3,(H,25,26)/b22-6+. The highest BCUT2D eigenvalue weighted by atomic mass is 127. The number of aromatic carboxylic acids is 1. The van der Waals surface area contributed by atoms with Crippen molar-refractivity contribution < 1.29 is 33.0 Å². The van der Waals surface area contributed by atoms with Gasteiger partial charge in [-0.2, -0.15) is 0 Å². The molecule has 0 aromatic heterocycles. The highest BCUT2D eigenvalue weighted by Gasteiger charge is 2.23. The second kappa shape index (κ2) is 9.04. The molecule has 0 aliphatic carbocycles.